The summed E-state index contributed by atoms with van der Waals surface area (Å²) in [5.41, 5.74) is 0. The number of aromatic nitrogens is 2. The Balaban J connectivity index is 2.11. The largest absolute Gasteiger partial charge is 0.391 e. The lowest BCUT2D eigenvalue weighted by Crippen LogP contribution is -2.22. The van der Waals surface area contributed by atoms with E-state index in [9.17, 15) is 5.11 Å². The number of anilines is 1. The standard InChI is InChI=1S/C8H11N3O/c12-7-3-5-11(6-7)8-2-1-4-9-10-8/h1-2,4,7,12H,3,5-6H2/t7-/m1/s1. The molecule has 64 valence electrons. The Morgan fingerprint density at radius 3 is 3.08 bits per heavy atom. The van der Waals surface area contributed by atoms with Gasteiger partial charge in [0, 0.05) is 19.3 Å². The molecule has 0 aromatic carbocycles. The zero-order valence-corrected chi connectivity index (χ0v) is 6.72. The van der Waals surface area contributed by atoms with E-state index in [0.717, 1.165) is 18.8 Å². The molecule has 1 aromatic rings. The van der Waals surface area contributed by atoms with Crippen molar-refractivity contribution in [2.24, 2.45) is 0 Å². The van der Waals surface area contributed by atoms with Crippen molar-refractivity contribution in [3.63, 3.8) is 0 Å². The molecule has 1 aliphatic rings. The highest BCUT2D eigenvalue weighted by molar-refractivity contribution is 5.37. The van der Waals surface area contributed by atoms with Gasteiger partial charge in [-0.3, -0.25) is 0 Å². The van der Waals surface area contributed by atoms with Gasteiger partial charge in [-0.2, -0.15) is 5.10 Å². The van der Waals surface area contributed by atoms with E-state index in [4.69, 9.17) is 0 Å². The molecular weight excluding hydrogens is 154 g/mol. The van der Waals surface area contributed by atoms with E-state index in [1.165, 1.54) is 0 Å². The summed E-state index contributed by atoms with van der Waals surface area (Å²) in [6.07, 6.45) is 2.28. The van der Waals surface area contributed by atoms with Gasteiger partial charge < -0.3 is 10.0 Å². The molecule has 0 saturated carbocycles. The fraction of sp³-hybridized carbons (Fsp3) is 0.500. The van der Waals surface area contributed by atoms with Crippen LogP contribution in [0.25, 0.3) is 0 Å². The van der Waals surface area contributed by atoms with E-state index < -0.39 is 0 Å². The van der Waals surface area contributed by atoms with Crippen molar-refractivity contribution in [1.29, 1.82) is 0 Å². The Kier molecular flexibility index (Phi) is 1.91. The molecule has 4 nitrogen and oxygen atoms in total. The minimum absolute atomic E-state index is 0.202. The third-order valence-electron chi connectivity index (χ3n) is 2.05. The molecular formula is C8H11N3O. The molecule has 1 aromatic heterocycles. The molecule has 1 atom stereocenters. The lowest BCUT2D eigenvalue weighted by molar-refractivity contribution is 0.198. The van der Waals surface area contributed by atoms with Gasteiger partial charge in [0.15, 0.2) is 5.82 Å². The van der Waals surface area contributed by atoms with Gasteiger partial charge in [-0.15, -0.1) is 5.10 Å². The average molecular weight is 165 g/mol. The Morgan fingerprint density at radius 2 is 2.50 bits per heavy atom. The summed E-state index contributed by atoms with van der Waals surface area (Å²) in [5, 5.41) is 17.0. The molecule has 0 aliphatic carbocycles. The van der Waals surface area contributed by atoms with Gasteiger partial charge in [0.25, 0.3) is 0 Å². The quantitative estimate of drug-likeness (QED) is 0.638. The molecule has 0 spiro atoms. The lowest BCUT2D eigenvalue weighted by atomic mass is 10.3. The topological polar surface area (TPSA) is 49.2 Å². The van der Waals surface area contributed by atoms with E-state index in [1.54, 1.807) is 6.20 Å². The van der Waals surface area contributed by atoms with Crippen LogP contribution in [0.1, 0.15) is 6.42 Å². The average Bonchev–Trinajstić information content (AvgIpc) is 2.54. The summed E-state index contributed by atoms with van der Waals surface area (Å²) in [4.78, 5) is 2.04. The molecule has 1 saturated heterocycles. The number of aliphatic hydroxyl groups excluding tert-OH is 1. The number of aliphatic hydroxyl groups is 1. The normalized spacial score (nSPS) is 23.1. The van der Waals surface area contributed by atoms with Crippen LogP contribution in [0.2, 0.25) is 0 Å². The maximum atomic E-state index is 9.27. The van der Waals surface area contributed by atoms with Crippen LogP contribution < -0.4 is 4.90 Å². The Labute approximate surface area is 70.8 Å². The predicted molar refractivity (Wildman–Crippen MR) is 44.9 cm³/mol. The summed E-state index contributed by atoms with van der Waals surface area (Å²) in [6.45, 7) is 1.55. The van der Waals surface area contributed by atoms with Crippen LogP contribution in [0.15, 0.2) is 18.3 Å². The molecule has 1 aliphatic heterocycles. The zero-order chi connectivity index (χ0) is 8.39. The van der Waals surface area contributed by atoms with Crippen LogP contribution >= 0.6 is 0 Å². The second kappa shape index (κ2) is 3.06. The van der Waals surface area contributed by atoms with Crippen molar-refractivity contribution in [1.82, 2.24) is 10.2 Å². The Bertz CT molecular complexity index is 252. The molecule has 2 rings (SSSR count). The van der Waals surface area contributed by atoms with Crippen LogP contribution in [-0.2, 0) is 0 Å². The van der Waals surface area contributed by atoms with Gasteiger partial charge in [0.2, 0.25) is 0 Å². The highest BCUT2D eigenvalue weighted by Crippen LogP contribution is 2.15. The predicted octanol–water partition coefficient (Wildman–Crippen LogP) is 0.0476. The first-order valence-electron chi connectivity index (χ1n) is 4.07. The molecule has 1 N–H and O–H groups in total. The van der Waals surface area contributed by atoms with Gasteiger partial charge in [0.1, 0.15) is 0 Å². The molecule has 1 fully saturated rings. The second-order valence-corrected chi connectivity index (χ2v) is 2.97. The molecule has 0 bridgehead atoms. The van der Waals surface area contributed by atoms with Crippen molar-refractivity contribution in [3.8, 4) is 0 Å². The number of hydrogen-bond donors (Lipinski definition) is 1. The first kappa shape index (κ1) is 7.49. The van der Waals surface area contributed by atoms with Gasteiger partial charge in [-0.1, -0.05) is 0 Å². The smallest absolute Gasteiger partial charge is 0.151 e. The third kappa shape index (κ3) is 1.38. The fourth-order valence-corrected chi connectivity index (χ4v) is 1.41. The fourth-order valence-electron chi connectivity index (χ4n) is 1.41. The number of rotatable bonds is 1. The summed E-state index contributed by atoms with van der Waals surface area (Å²) in [5.74, 6) is 0.856. The SMILES string of the molecule is O[C@@H]1CCN(c2cccnn2)C1. The number of hydrogen-bond acceptors (Lipinski definition) is 4. The molecule has 0 unspecified atom stereocenters. The van der Waals surface area contributed by atoms with Crippen LogP contribution in [0, 0.1) is 0 Å². The maximum absolute atomic E-state index is 9.27. The second-order valence-electron chi connectivity index (χ2n) is 2.97. The van der Waals surface area contributed by atoms with Crippen molar-refractivity contribution in [2.45, 2.75) is 12.5 Å². The first-order chi connectivity index (χ1) is 5.86. The monoisotopic (exact) mass is 165 g/mol. The van der Waals surface area contributed by atoms with Gasteiger partial charge in [-0.25, -0.2) is 0 Å². The number of nitrogens with zero attached hydrogens (tertiary/aromatic N) is 3. The van der Waals surface area contributed by atoms with Crippen LogP contribution in [0.3, 0.4) is 0 Å². The van der Waals surface area contributed by atoms with E-state index in [-0.39, 0.29) is 6.10 Å². The van der Waals surface area contributed by atoms with Gasteiger partial charge >= 0.3 is 0 Å². The molecule has 2 heterocycles. The summed E-state index contributed by atoms with van der Waals surface area (Å²) >= 11 is 0. The van der Waals surface area contributed by atoms with Crippen LogP contribution in [0.4, 0.5) is 5.82 Å². The summed E-state index contributed by atoms with van der Waals surface area (Å²) in [7, 11) is 0. The van der Waals surface area contributed by atoms with E-state index in [1.807, 2.05) is 17.0 Å². The third-order valence-corrected chi connectivity index (χ3v) is 2.05. The molecule has 0 radical (unpaired) electrons. The Hall–Kier alpha value is -1.16. The van der Waals surface area contributed by atoms with E-state index >= 15 is 0 Å². The minimum Gasteiger partial charge on any atom is -0.391 e. The van der Waals surface area contributed by atoms with Crippen molar-refractivity contribution in [2.75, 3.05) is 18.0 Å². The lowest BCUT2D eigenvalue weighted by Gasteiger charge is -2.14. The number of β-amino-alcohol motifs (C(OH)–C–C–N with tert-alkyl or cyclic N) is 1. The van der Waals surface area contributed by atoms with E-state index in [2.05, 4.69) is 10.2 Å². The van der Waals surface area contributed by atoms with E-state index in [0.29, 0.717) is 6.54 Å². The molecule has 12 heavy (non-hydrogen) atoms. The van der Waals surface area contributed by atoms with Crippen molar-refractivity contribution in [3.05, 3.63) is 18.3 Å². The Morgan fingerprint density at radius 1 is 1.58 bits per heavy atom. The van der Waals surface area contributed by atoms with Crippen molar-refractivity contribution >= 4 is 5.82 Å². The van der Waals surface area contributed by atoms with Crippen LogP contribution in [-0.4, -0.2) is 34.5 Å². The van der Waals surface area contributed by atoms with Gasteiger partial charge in [-0.05, 0) is 18.6 Å². The maximum Gasteiger partial charge on any atom is 0.151 e. The zero-order valence-electron chi connectivity index (χ0n) is 6.72. The van der Waals surface area contributed by atoms with Gasteiger partial charge in [0.05, 0.1) is 6.10 Å². The highest BCUT2D eigenvalue weighted by atomic mass is 16.3. The minimum atomic E-state index is -0.202. The molecule has 0 amide bonds. The summed E-state index contributed by atoms with van der Waals surface area (Å²) in [6, 6.07) is 3.76. The molecule has 4 heteroatoms. The summed E-state index contributed by atoms with van der Waals surface area (Å²) < 4.78 is 0. The van der Waals surface area contributed by atoms with Crippen molar-refractivity contribution < 1.29 is 5.11 Å². The first-order valence-corrected chi connectivity index (χ1v) is 4.07. The highest BCUT2D eigenvalue weighted by Gasteiger charge is 2.20. The van der Waals surface area contributed by atoms with Crippen LogP contribution in [0.5, 0.6) is 0 Å².